The molecule has 2 aromatic rings. The number of aromatic amines is 1. The molecule has 0 amide bonds. The van der Waals surface area contributed by atoms with Gasteiger partial charge in [0.05, 0.1) is 0 Å². The first kappa shape index (κ1) is 7.92. The Labute approximate surface area is 77.6 Å². The minimum atomic E-state index is 1.03. The minimum Gasteiger partial charge on any atom is -0.346 e. The first-order valence-corrected chi connectivity index (χ1v) is 4.32. The molecule has 0 aliphatic carbocycles. The molecule has 0 aliphatic heterocycles. The predicted octanol–water partition coefficient (Wildman–Crippen LogP) is 3.07. The van der Waals surface area contributed by atoms with E-state index in [-0.39, 0.29) is 0 Å². The molecule has 0 unspecified atom stereocenters. The van der Waals surface area contributed by atoms with Crippen molar-refractivity contribution in [1.29, 1.82) is 0 Å². The second-order valence-electron chi connectivity index (χ2n) is 3.05. The molecular weight excluding hydrogens is 160 g/mol. The van der Waals surface area contributed by atoms with Gasteiger partial charge in [-0.15, -0.1) is 0 Å². The van der Waals surface area contributed by atoms with Gasteiger partial charge in [0.25, 0.3) is 0 Å². The van der Waals surface area contributed by atoms with Crippen molar-refractivity contribution >= 4 is 11.5 Å². The van der Waals surface area contributed by atoms with Crippen molar-refractivity contribution in [2.24, 2.45) is 0 Å². The van der Waals surface area contributed by atoms with Crippen molar-refractivity contribution in [2.75, 3.05) is 5.32 Å². The van der Waals surface area contributed by atoms with Crippen molar-refractivity contribution in [3.63, 3.8) is 0 Å². The van der Waals surface area contributed by atoms with Crippen molar-refractivity contribution in [1.82, 2.24) is 4.98 Å². The molecule has 1 aromatic carbocycles. The number of benzene rings is 1. The van der Waals surface area contributed by atoms with Gasteiger partial charge in [-0.05, 0) is 31.2 Å². The van der Waals surface area contributed by atoms with Crippen LogP contribution in [-0.4, -0.2) is 4.98 Å². The van der Waals surface area contributed by atoms with Crippen LogP contribution >= 0.6 is 0 Å². The molecule has 2 nitrogen and oxygen atoms in total. The zero-order valence-electron chi connectivity index (χ0n) is 7.54. The summed E-state index contributed by atoms with van der Waals surface area (Å²) in [7, 11) is 0. The van der Waals surface area contributed by atoms with E-state index >= 15 is 0 Å². The van der Waals surface area contributed by atoms with Gasteiger partial charge < -0.3 is 10.3 Å². The lowest BCUT2D eigenvalue weighted by molar-refractivity contribution is 1.26. The Kier molecular flexibility index (Phi) is 2.04. The Morgan fingerprint density at radius 3 is 2.38 bits per heavy atom. The SMILES string of the molecule is Cc1ccc(Nc2ccccc2)[nH]1. The minimum absolute atomic E-state index is 1.03. The van der Waals surface area contributed by atoms with Gasteiger partial charge in [0.2, 0.25) is 0 Å². The van der Waals surface area contributed by atoms with E-state index in [1.807, 2.05) is 49.4 Å². The first-order chi connectivity index (χ1) is 6.34. The largest absolute Gasteiger partial charge is 0.346 e. The van der Waals surface area contributed by atoms with E-state index in [1.54, 1.807) is 0 Å². The van der Waals surface area contributed by atoms with Crippen LogP contribution < -0.4 is 5.32 Å². The zero-order chi connectivity index (χ0) is 9.10. The Morgan fingerprint density at radius 2 is 1.77 bits per heavy atom. The highest BCUT2D eigenvalue weighted by Crippen LogP contribution is 2.14. The first-order valence-electron chi connectivity index (χ1n) is 4.32. The average molecular weight is 172 g/mol. The Balaban J connectivity index is 2.15. The van der Waals surface area contributed by atoms with Crippen LogP contribution in [0.3, 0.4) is 0 Å². The maximum atomic E-state index is 3.27. The summed E-state index contributed by atoms with van der Waals surface area (Å²) in [5.74, 6) is 1.03. The number of anilines is 2. The second kappa shape index (κ2) is 3.35. The summed E-state index contributed by atoms with van der Waals surface area (Å²) in [5.41, 5.74) is 2.27. The molecule has 13 heavy (non-hydrogen) atoms. The van der Waals surface area contributed by atoms with Crippen molar-refractivity contribution in [3.8, 4) is 0 Å². The second-order valence-corrected chi connectivity index (χ2v) is 3.05. The molecule has 0 saturated heterocycles. The van der Waals surface area contributed by atoms with Gasteiger partial charge >= 0.3 is 0 Å². The molecule has 0 radical (unpaired) electrons. The number of hydrogen-bond donors (Lipinski definition) is 2. The lowest BCUT2D eigenvalue weighted by atomic mass is 10.3. The molecule has 0 spiro atoms. The van der Waals surface area contributed by atoms with E-state index in [9.17, 15) is 0 Å². The van der Waals surface area contributed by atoms with Crippen LogP contribution in [0.4, 0.5) is 11.5 Å². The summed E-state index contributed by atoms with van der Waals surface area (Å²) >= 11 is 0. The lowest BCUT2D eigenvalue weighted by Gasteiger charge is -2.02. The Morgan fingerprint density at radius 1 is 1.00 bits per heavy atom. The highest BCUT2D eigenvalue weighted by molar-refractivity contribution is 5.56. The van der Waals surface area contributed by atoms with E-state index in [0.717, 1.165) is 11.5 Å². The number of hydrogen-bond acceptors (Lipinski definition) is 1. The molecular formula is C11H12N2. The van der Waals surface area contributed by atoms with Gasteiger partial charge in [-0.3, -0.25) is 0 Å². The fourth-order valence-electron chi connectivity index (χ4n) is 1.25. The molecule has 66 valence electrons. The maximum absolute atomic E-state index is 3.27. The van der Waals surface area contributed by atoms with Crippen LogP contribution in [-0.2, 0) is 0 Å². The summed E-state index contributed by atoms with van der Waals surface area (Å²) in [4.78, 5) is 3.21. The summed E-state index contributed by atoms with van der Waals surface area (Å²) in [6.45, 7) is 2.04. The summed E-state index contributed by atoms with van der Waals surface area (Å²) < 4.78 is 0. The molecule has 0 atom stereocenters. The van der Waals surface area contributed by atoms with Crippen molar-refractivity contribution in [2.45, 2.75) is 6.92 Å². The van der Waals surface area contributed by atoms with Gasteiger partial charge in [0.1, 0.15) is 5.82 Å². The van der Waals surface area contributed by atoms with Gasteiger partial charge in [0, 0.05) is 11.4 Å². The zero-order valence-corrected chi connectivity index (χ0v) is 7.54. The molecule has 2 N–H and O–H groups in total. The van der Waals surface area contributed by atoms with Gasteiger partial charge in [-0.1, -0.05) is 18.2 Å². The quantitative estimate of drug-likeness (QED) is 0.715. The average Bonchev–Trinajstić information content (AvgIpc) is 2.53. The number of para-hydroxylation sites is 1. The van der Waals surface area contributed by atoms with Crippen LogP contribution in [0.5, 0.6) is 0 Å². The van der Waals surface area contributed by atoms with Gasteiger partial charge in [-0.2, -0.15) is 0 Å². The van der Waals surface area contributed by atoms with Crippen LogP contribution in [0.1, 0.15) is 5.69 Å². The molecule has 0 aliphatic rings. The smallest absolute Gasteiger partial charge is 0.107 e. The monoisotopic (exact) mass is 172 g/mol. The number of aromatic nitrogens is 1. The number of rotatable bonds is 2. The number of aryl methyl sites for hydroxylation is 1. The van der Waals surface area contributed by atoms with E-state index in [1.165, 1.54) is 5.69 Å². The summed E-state index contributed by atoms with van der Waals surface area (Å²) in [6.07, 6.45) is 0. The van der Waals surface area contributed by atoms with Gasteiger partial charge in [0.15, 0.2) is 0 Å². The van der Waals surface area contributed by atoms with Crippen LogP contribution in [0.25, 0.3) is 0 Å². The van der Waals surface area contributed by atoms with Crippen LogP contribution in [0.15, 0.2) is 42.5 Å². The van der Waals surface area contributed by atoms with E-state index in [0.29, 0.717) is 0 Å². The van der Waals surface area contributed by atoms with Gasteiger partial charge in [-0.25, -0.2) is 0 Å². The molecule has 0 bridgehead atoms. The van der Waals surface area contributed by atoms with E-state index in [2.05, 4.69) is 10.3 Å². The molecule has 1 aromatic heterocycles. The fourth-order valence-corrected chi connectivity index (χ4v) is 1.25. The predicted molar refractivity (Wildman–Crippen MR) is 55.3 cm³/mol. The molecule has 0 fully saturated rings. The van der Waals surface area contributed by atoms with Crippen LogP contribution in [0.2, 0.25) is 0 Å². The highest BCUT2D eigenvalue weighted by Gasteiger charge is 1.94. The Bertz CT molecular complexity index is 376. The topological polar surface area (TPSA) is 27.8 Å². The maximum Gasteiger partial charge on any atom is 0.107 e. The van der Waals surface area contributed by atoms with E-state index in [4.69, 9.17) is 0 Å². The van der Waals surface area contributed by atoms with E-state index < -0.39 is 0 Å². The molecule has 0 saturated carbocycles. The van der Waals surface area contributed by atoms with Crippen LogP contribution in [0, 0.1) is 6.92 Å². The van der Waals surface area contributed by atoms with Crippen molar-refractivity contribution in [3.05, 3.63) is 48.2 Å². The van der Waals surface area contributed by atoms with Crippen molar-refractivity contribution < 1.29 is 0 Å². The number of nitrogens with one attached hydrogen (secondary N) is 2. The summed E-state index contributed by atoms with van der Waals surface area (Å²) in [5, 5.41) is 3.27. The third-order valence-electron chi connectivity index (χ3n) is 1.88. The molecule has 2 heteroatoms. The molecule has 1 heterocycles. The molecule has 2 rings (SSSR count). The normalized spacial score (nSPS) is 9.92. The lowest BCUT2D eigenvalue weighted by Crippen LogP contribution is -1.89. The fraction of sp³-hybridized carbons (Fsp3) is 0.0909. The third-order valence-corrected chi connectivity index (χ3v) is 1.88. The number of H-pyrrole nitrogens is 1. The standard InChI is InChI=1S/C11H12N2/c1-9-7-8-11(12-9)13-10-5-3-2-4-6-10/h2-8,12-13H,1H3. The highest BCUT2D eigenvalue weighted by atomic mass is 15.0. The third kappa shape index (κ3) is 1.90. The summed E-state index contributed by atoms with van der Waals surface area (Å²) in [6, 6.07) is 14.2. The Hall–Kier alpha value is -1.70.